The lowest BCUT2D eigenvalue weighted by Crippen LogP contribution is -2.52. The minimum absolute atomic E-state index is 0.00973. The van der Waals surface area contributed by atoms with Crippen molar-refractivity contribution >= 4 is 23.4 Å². The summed E-state index contributed by atoms with van der Waals surface area (Å²) in [4.78, 5) is 25.4. The topological polar surface area (TPSA) is 69.6 Å². The number of piperidine rings is 1. The van der Waals surface area contributed by atoms with Gasteiger partial charge in [-0.2, -0.15) is 0 Å². The van der Waals surface area contributed by atoms with Crippen LogP contribution in [0.3, 0.4) is 0 Å². The fourth-order valence-corrected chi connectivity index (χ4v) is 2.96. The van der Waals surface area contributed by atoms with Crippen molar-refractivity contribution in [2.45, 2.75) is 31.8 Å². The number of rotatable bonds is 3. The number of amides is 2. The van der Waals surface area contributed by atoms with Crippen molar-refractivity contribution in [3.05, 3.63) is 34.1 Å². The van der Waals surface area contributed by atoms with Crippen molar-refractivity contribution in [3.63, 3.8) is 0 Å². The molecule has 1 aliphatic heterocycles. The van der Waals surface area contributed by atoms with Gasteiger partial charge in [-0.1, -0.05) is 17.7 Å². The molecule has 0 bridgehead atoms. The standard InChI is InChI=1S/C16H20ClFN2O3/c1-10-4-5-11(14(18)13(10)17)15(22)20-7-3-6-16(23,9-20)8-12(21)19-2/h4-5,23H,3,6-9H2,1-2H3,(H,19,21). The number of aliphatic hydroxyl groups is 1. The summed E-state index contributed by atoms with van der Waals surface area (Å²) in [6, 6.07) is 2.98. The molecule has 1 atom stereocenters. The van der Waals surface area contributed by atoms with E-state index in [1.807, 2.05) is 0 Å². The number of hydrogen-bond acceptors (Lipinski definition) is 3. The highest BCUT2D eigenvalue weighted by Crippen LogP contribution is 2.28. The Morgan fingerprint density at radius 1 is 1.48 bits per heavy atom. The summed E-state index contributed by atoms with van der Waals surface area (Å²) in [5, 5.41) is 12.9. The molecule has 1 aromatic rings. The number of β-amino-alcohol motifs (C(OH)–C–C–N with tert-alkyl or cyclic N) is 1. The first kappa shape index (κ1) is 17.7. The van der Waals surface area contributed by atoms with Crippen LogP contribution in [0.2, 0.25) is 5.02 Å². The number of nitrogens with one attached hydrogen (secondary N) is 1. The molecule has 0 saturated carbocycles. The van der Waals surface area contributed by atoms with Crippen molar-refractivity contribution in [2.75, 3.05) is 20.1 Å². The molecule has 1 aromatic carbocycles. The van der Waals surface area contributed by atoms with E-state index < -0.39 is 17.3 Å². The first-order valence-electron chi connectivity index (χ1n) is 7.44. The lowest BCUT2D eigenvalue weighted by Gasteiger charge is -2.39. The van der Waals surface area contributed by atoms with Crippen LogP contribution in [0.1, 0.15) is 35.2 Å². The second-order valence-corrected chi connectivity index (χ2v) is 6.34. The average Bonchev–Trinajstić information content (AvgIpc) is 2.51. The molecule has 2 rings (SSSR count). The third kappa shape index (κ3) is 3.82. The van der Waals surface area contributed by atoms with Gasteiger partial charge in [0, 0.05) is 13.6 Å². The predicted octanol–water partition coefficient (Wildman–Crippen LogP) is 1.89. The van der Waals surface area contributed by atoms with Crippen LogP contribution in [0.5, 0.6) is 0 Å². The molecule has 23 heavy (non-hydrogen) atoms. The molecule has 0 aliphatic carbocycles. The summed E-state index contributed by atoms with van der Waals surface area (Å²) < 4.78 is 14.2. The molecule has 1 heterocycles. The second-order valence-electron chi connectivity index (χ2n) is 5.96. The van der Waals surface area contributed by atoms with Crippen LogP contribution in [0.25, 0.3) is 0 Å². The highest BCUT2D eigenvalue weighted by atomic mass is 35.5. The van der Waals surface area contributed by atoms with Crippen LogP contribution in [0.15, 0.2) is 12.1 Å². The largest absolute Gasteiger partial charge is 0.388 e. The highest BCUT2D eigenvalue weighted by Gasteiger charge is 2.37. The van der Waals surface area contributed by atoms with Gasteiger partial charge < -0.3 is 15.3 Å². The molecule has 1 fully saturated rings. The lowest BCUT2D eigenvalue weighted by molar-refractivity contribution is -0.127. The third-order valence-electron chi connectivity index (χ3n) is 4.12. The number of likely N-dealkylation sites (tertiary alicyclic amines) is 1. The Kier molecular flexibility index (Phi) is 5.26. The molecule has 5 nitrogen and oxygen atoms in total. The zero-order chi connectivity index (χ0) is 17.2. The van der Waals surface area contributed by atoms with E-state index in [1.54, 1.807) is 13.0 Å². The van der Waals surface area contributed by atoms with Crippen LogP contribution in [0, 0.1) is 12.7 Å². The van der Waals surface area contributed by atoms with E-state index in [4.69, 9.17) is 11.6 Å². The van der Waals surface area contributed by atoms with Gasteiger partial charge in [0.2, 0.25) is 5.91 Å². The molecular formula is C16H20ClFN2O3. The third-order valence-corrected chi connectivity index (χ3v) is 4.58. The van der Waals surface area contributed by atoms with E-state index in [0.29, 0.717) is 24.9 Å². The van der Waals surface area contributed by atoms with Crippen molar-refractivity contribution in [1.82, 2.24) is 10.2 Å². The molecule has 1 aliphatic rings. The minimum atomic E-state index is -1.29. The van der Waals surface area contributed by atoms with Gasteiger partial charge in [0.25, 0.3) is 5.91 Å². The van der Waals surface area contributed by atoms with E-state index in [0.717, 1.165) is 0 Å². The van der Waals surface area contributed by atoms with Gasteiger partial charge >= 0.3 is 0 Å². The Balaban J connectivity index is 2.20. The fourth-order valence-electron chi connectivity index (χ4n) is 2.80. The van der Waals surface area contributed by atoms with E-state index in [-0.39, 0.29) is 29.5 Å². The van der Waals surface area contributed by atoms with Gasteiger partial charge in [-0.25, -0.2) is 4.39 Å². The van der Waals surface area contributed by atoms with Crippen molar-refractivity contribution in [3.8, 4) is 0 Å². The summed E-state index contributed by atoms with van der Waals surface area (Å²) in [7, 11) is 1.49. The molecule has 0 spiro atoms. The molecule has 0 radical (unpaired) electrons. The Bertz CT molecular complexity index is 638. The Hall–Kier alpha value is -1.66. The first-order valence-corrected chi connectivity index (χ1v) is 7.82. The number of carbonyl (C=O) groups excluding carboxylic acids is 2. The van der Waals surface area contributed by atoms with Crippen LogP contribution in [0.4, 0.5) is 4.39 Å². The van der Waals surface area contributed by atoms with E-state index in [1.165, 1.54) is 18.0 Å². The molecule has 2 N–H and O–H groups in total. The number of benzene rings is 1. The van der Waals surface area contributed by atoms with Crippen LogP contribution >= 0.6 is 11.6 Å². The number of nitrogens with zero attached hydrogens (tertiary/aromatic N) is 1. The van der Waals surface area contributed by atoms with Crippen LogP contribution < -0.4 is 5.32 Å². The first-order chi connectivity index (χ1) is 10.8. The summed E-state index contributed by atoms with van der Waals surface area (Å²) in [6.07, 6.45) is 0.867. The second kappa shape index (κ2) is 6.84. The molecular weight excluding hydrogens is 323 g/mol. The maximum absolute atomic E-state index is 14.2. The van der Waals surface area contributed by atoms with Gasteiger partial charge in [-0.15, -0.1) is 0 Å². The normalized spacial score (nSPS) is 21.2. The SMILES string of the molecule is CNC(=O)CC1(O)CCCN(C(=O)c2ccc(C)c(Cl)c2F)C1. The van der Waals surface area contributed by atoms with Crippen LogP contribution in [-0.4, -0.2) is 47.6 Å². The minimum Gasteiger partial charge on any atom is -0.388 e. The van der Waals surface area contributed by atoms with Gasteiger partial charge in [0.15, 0.2) is 5.82 Å². The Morgan fingerprint density at radius 2 is 2.17 bits per heavy atom. The Labute approximate surface area is 139 Å². The summed E-state index contributed by atoms with van der Waals surface area (Å²) >= 11 is 5.86. The molecule has 7 heteroatoms. The zero-order valence-corrected chi connectivity index (χ0v) is 13.9. The summed E-state index contributed by atoms with van der Waals surface area (Å²) in [6.45, 7) is 2.05. The van der Waals surface area contributed by atoms with Crippen molar-refractivity contribution in [1.29, 1.82) is 0 Å². The van der Waals surface area contributed by atoms with Gasteiger partial charge in [-0.3, -0.25) is 9.59 Å². The number of hydrogen-bond donors (Lipinski definition) is 2. The monoisotopic (exact) mass is 342 g/mol. The highest BCUT2D eigenvalue weighted by molar-refractivity contribution is 6.31. The van der Waals surface area contributed by atoms with Crippen LogP contribution in [-0.2, 0) is 4.79 Å². The van der Waals surface area contributed by atoms with E-state index >= 15 is 0 Å². The van der Waals surface area contributed by atoms with E-state index in [9.17, 15) is 19.1 Å². The molecule has 1 saturated heterocycles. The average molecular weight is 343 g/mol. The maximum atomic E-state index is 14.2. The number of aryl methyl sites for hydroxylation is 1. The van der Waals surface area contributed by atoms with Crippen molar-refractivity contribution in [2.24, 2.45) is 0 Å². The summed E-state index contributed by atoms with van der Waals surface area (Å²) in [5.74, 6) is -1.58. The van der Waals surface area contributed by atoms with E-state index in [2.05, 4.69) is 5.32 Å². The zero-order valence-electron chi connectivity index (χ0n) is 13.2. The van der Waals surface area contributed by atoms with Gasteiger partial charge in [-0.05, 0) is 31.4 Å². The summed E-state index contributed by atoms with van der Waals surface area (Å²) in [5.41, 5.74) is -0.862. The number of halogens is 2. The number of carbonyl (C=O) groups is 2. The maximum Gasteiger partial charge on any atom is 0.256 e. The molecule has 1 unspecified atom stereocenters. The lowest BCUT2D eigenvalue weighted by atomic mass is 9.89. The smallest absolute Gasteiger partial charge is 0.256 e. The quantitative estimate of drug-likeness (QED) is 0.881. The molecule has 126 valence electrons. The predicted molar refractivity (Wildman–Crippen MR) is 84.9 cm³/mol. The Morgan fingerprint density at radius 3 is 2.83 bits per heavy atom. The fraction of sp³-hybridized carbons (Fsp3) is 0.500. The van der Waals surface area contributed by atoms with Gasteiger partial charge in [0.1, 0.15) is 0 Å². The molecule has 2 amide bonds. The van der Waals surface area contributed by atoms with Crippen molar-refractivity contribution < 1.29 is 19.1 Å². The van der Waals surface area contributed by atoms with Gasteiger partial charge in [0.05, 0.1) is 29.2 Å². The molecule has 0 aromatic heterocycles.